The van der Waals surface area contributed by atoms with Crippen LogP contribution in [0.2, 0.25) is 0 Å². The third kappa shape index (κ3) is 5.66. The fourth-order valence-corrected chi connectivity index (χ4v) is 2.83. The molecule has 0 bridgehead atoms. The molecule has 1 aliphatic rings. The third-order valence-electron chi connectivity index (χ3n) is 2.88. The molecule has 2 rings (SSSR count). The summed E-state index contributed by atoms with van der Waals surface area (Å²) in [5.74, 6) is 0.866. The van der Waals surface area contributed by atoms with E-state index in [0.29, 0.717) is 6.54 Å². The van der Waals surface area contributed by atoms with Gasteiger partial charge in [-0.1, -0.05) is 24.3 Å². The summed E-state index contributed by atoms with van der Waals surface area (Å²) in [6, 6.07) is 7.57. The highest BCUT2D eigenvalue weighted by molar-refractivity contribution is 14.0. The molecule has 0 radical (unpaired) electrons. The lowest BCUT2D eigenvalue weighted by Crippen LogP contribution is -2.40. The van der Waals surface area contributed by atoms with Crippen LogP contribution in [-0.2, 0) is 22.1 Å². The summed E-state index contributed by atoms with van der Waals surface area (Å²) < 4.78 is 22.8. The average Bonchev–Trinajstić information content (AvgIpc) is 2.37. The van der Waals surface area contributed by atoms with E-state index in [1.807, 2.05) is 24.3 Å². The predicted octanol–water partition coefficient (Wildman–Crippen LogP) is 1.29. The van der Waals surface area contributed by atoms with Crippen LogP contribution in [0.4, 0.5) is 0 Å². The fraction of sp³-hybridized carbons (Fsp3) is 0.462. The quantitative estimate of drug-likeness (QED) is 0.736. The molecule has 0 fully saturated rings. The topological polar surface area (TPSA) is 70.6 Å². The molecule has 1 aliphatic heterocycles. The average molecular weight is 409 g/mol. The minimum Gasteiger partial charge on any atom is -0.356 e. The Labute approximate surface area is 137 Å². The zero-order valence-electron chi connectivity index (χ0n) is 11.4. The van der Waals surface area contributed by atoms with Gasteiger partial charge in [0.1, 0.15) is 0 Å². The molecule has 1 aromatic carbocycles. The zero-order chi connectivity index (χ0) is 13.7. The lowest BCUT2D eigenvalue weighted by Gasteiger charge is -2.17. The molecule has 0 amide bonds. The lowest BCUT2D eigenvalue weighted by molar-refractivity contribution is 0.601. The van der Waals surface area contributed by atoms with E-state index in [9.17, 15) is 8.42 Å². The Hall–Kier alpha value is -0.830. The molecule has 0 aliphatic carbocycles. The van der Waals surface area contributed by atoms with Crippen LogP contribution in [0.3, 0.4) is 0 Å². The van der Waals surface area contributed by atoms with E-state index in [4.69, 9.17) is 0 Å². The van der Waals surface area contributed by atoms with E-state index in [2.05, 4.69) is 15.6 Å². The van der Waals surface area contributed by atoms with Crippen molar-refractivity contribution in [1.29, 1.82) is 0 Å². The van der Waals surface area contributed by atoms with Gasteiger partial charge < -0.3 is 10.6 Å². The molecule has 20 heavy (non-hydrogen) atoms. The van der Waals surface area contributed by atoms with E-state index in [0.717, 1.165) is 36.6 Å². The van der Waals surface area contributed by atoms with Gasteiger partial charge in [0.15, 0.2) is 15.8 Å². The lowest BCUT2D eigenvalue weighted by atomic mass is 10.1. The summed E-state index contributed by atoms with van der Waals surface area (Å²) in [5.41, 5.74) is 1.83. The Morgan fingerprint density at radius 3 is 2.60 bits per heavy atom. The summed E-state index contributed by atoms with van der Waals surface area (Å²) in [6.07, 6.45) is 2.31. The van der Waals surface area contributed by atoms with Crippen molar-refractivity contribution >= 4 is 39.8 Å². The highest BCUT2D eigenvalue weighted by Crippen LogP contribution is 2.12. The van der Waals surface area contributed by atoms with Gasteiger partial charge in [-0.2, -0.15) is 0 Å². The van der Waals surface area contributed by atoms with Crippen LogP contribution in [0, 0.1) is 0 Å². The van der Waals surface area contributed by atoms with Crippen molar-refractivity contribution in [1.82, 2.24) is 10.6 Å². The Balaban J connectivity index is 0.00000200. The van der Waals surface area contributed by atoms with E-state index in [1.54, 1.807) is 0 Å². The number of halogens is 1. The van der Waals surface area contributed by atoms with Crippen LogP contribution in [0.25, 0.3) is 0 Å². The van der Waals surface area contributed by atoms with Crippen LogP contribution in [0.5, 0.6) is 0 Å². The number of aliphatic imine (C=N–C) groups is 1. The molecular weight excluding hydrogens is 389 g/mol. The van der Waals surface area contributed by atoms with Crippen molar-refractivity contribution in [3.63, 3.8) is 0 Å². The second kappa shape index (κ2) is 7.82. The first-order chi connectivity index (χ1) is 9.04. The van der Waals surface area contributed by atoms with E-state index in [-0.39, 0.29) is 29.7 Å². The van der Waals surface area contributed by atoms with Crippen molar-refractivity contribution in [2.45, 2.75) is 18.7 Å². The SMILES string of the molecule is CS(=O)(=O)Cc1ccccc1CNC1=NCCCN1.I. The maximum absolute atomic E-state index is 11.4. The number of nitrogens with one attached hydrogen (secondary N) is 2. The summed E-state index contributed by atoms with van der Waals surface area (Å²) in [6.45, 7) is 2.34. The molecule has 7 heteroatoms. The highest BCUT2D eigenvalue weighted by Gasteiger charge is 2.10. The second-order valence-corrected chi connectivity index (χ2v) is 6.84. The third-order valence-corrected chi connectivity index (χ3v) is 3.71. The van der Waals surface area contributed by atoms with Crippen molar-refractivity contribution in [3.05, 3.63) is 35.4 Å². The fourth-order valence-electron chi connectivity index (χ4n) is 1.98. The summed E-state index contributed by atoms with van der Waals surface area (Å²) in [5, 5.41) is 6.39. The minimum atomic E-state index is -3.02. The van der Waals surface area contributed by atoms with Crippen LogP contribution >= 0.6 is 24.0 Å². The molecule has 0 spiro atoms. The second-order valence-electron chi connectivity index (χ2n) is 4.70. The van der Waals surface area contributed by atoms with Gasteiger partial charge in [-0.15, -0.1) is 24.0 Å². The molecule has 0 saturated heterocycles. The van der Waals surface area contributed by atoms with Gasteiger partial charge in [-0.25, -0.2) is 8.42 Å². The Bertz CT molecular complexity index is 573. The number of hydrogen-bond acceptors (Lipinski definition) is 5. The van der Waals surface area contributed by atoms with Gasteiger partial charge in [0, 0.05) is 25.9 Å². The number of rotatable bonds is 4. The highest BCUT2D eigenvalue weighted by atomic mass is 127. The summed E-state index contributed by atoms with van der Waals surface area (Å²) in [7, 11) is -3.02. The molecule has 0 atom stereocenters. The molecular formula is C13H20IN3O2S. The Morgan fingerprint density at radius 2 is 2.00 bits per heavy atom. The van der Waals surface area contributed by atoms with Crippen molar-refractivity contribution in [2.75, 3.05) is 19.3 Å². The van der Waals surface area contributed by atoms with Gasteiger partial charge in [-0.05, 0) is 17.5 Å². The van der Waals surface area contributed by atoms with Crippen LogP contribution < -0.4 is 10.6 Å². The van der Waals surface area contributed by atoms with Crippen LogP contribution in [0.1, 0.15) is 17.5 Å². The van der Waals surface area contributed by atoms with Crippen LogP contribution in [-0.4, -0.2) is 33.7 Å². The first-order valence-electron chi connectivity index (χ1n) is 6.31. The van der Waals surface area contributed by atoms with Crippen LogP contribution in [0.15, 0.2) is 29.3 Å². The van der Waals surface area contributed by atoms with E-state index >= 15 is 0 Å². The van der Waals surface area contributed by atoms with Gasteiger partial charge in [0.2, 0.25) is 0 Å². The molecule has 0 saturated carbocycles. The Kier molecular flexibility index (Phi) is 6.74. The molecule has 2 N–H and O–H groups in total. The number of benzene rings is 1. The van der Waals surface area contributed by atoms with E-state index < -0.39 is 9.84 Å². The monoisotopic (exact) mass is 409 g/mol. The van der Waals surface area contributed by atoms with Crippen molar-refractivity contribution in [3.8, 4) is 0 Å². The molecule has 5 nitrogen and oxygen atoms in total. The van der Waals surface area contributed by atoms with Gasteiger partial charge >= 0.3 is 0 Å². The van der Waals surface area contributed by atoms with Gasteiger partial charge in [0.25, 0.3) is 0 Å². The molecule has 0 unspecified atom stereocenters. The normalized spacial score (nSPS) is 14.8. The molecule has 1 heterocycles. The smallest absolute Gasteiger partial charge is 0.191 e. The first kappa shape index (κ1) is 17.2. The maximum Gasteiger partial charge on any atom is 0.191 e. The zero-order valence-corrected chi connectivity index (χ0v) is 14.6. The predicted molar refractivity (Wildman–Crippen MR) is 92.2 cm³/mol. The van der Waals surface area contributed by atoms with Crippen molar-refractivity contribution in [2.24, 2.45) is 4.99 Å². The largest absolute Gasteiger partial charge is 0.356 e. The standard InChI is InChI=1S/C13H19N3O2S.HI/c1-19(17,18)10-12-6-3-2-5-11(12)9-16-13-14-7-4-8-15-13;/h2-3,5-6H,4,7-10H2,1H3,(H2,14,15,16);1H. The van der Waals surface area contributed by atoms with Gasteiger partial charge in [-0.3, -0.25) is 4.99 Å². The minimum absolute atomic E-state index is 0. The summed E-state index contributed by atoms with van der Waals surface area (Å²) in [4.78, 5) is 4.32. The number of hydrogen-bond donors (Lipinski definition) is 2. The first-order valence-corrected chi connectivity index (χ1v) is 8.37. The number of sulfone groups is 1. The molecule has 112 valence electrons. The summed E-state index contributed by atoms with van der Waals surface area (Å²) >= 11 is 0. The van der Waals surface area contributed by atoms with Crippen molar-refractivity contribution < 1.29 is 8.42 Å². The maximum atomic E-state index is 11.4. The molecule has 0 aromatic heterocycles. The Morgan fingerprint density at radius 1 is 1.30 bits per heavy atom. The van der Waals surface area contributed by atoms with E-state index in [1.165, 1.54) is 6.26 Å². The number of nitrogens with zero attached hydrogens (tertiary/aromatic N) is 1. The number of guanidine groups is 1. The molecule has 1 aromatic rings. The van der Waals surface area contributed by atoms with Gasteiger partial charge in [0.05, 0.1) is 5.75 Å².